The molecule has 0 saturated heterocycles. The summed E-state index contributed by atoms with van der Waals surface area (Å²) >= 11 is 0. The van der Waals surface area contributed by atoms with E-state index in [1.807, 2.05) is 19.3 Å². The maximum absolute atomic E-state index is 11.1. The lowest BCUT2D eigenvalue weighted by molar-refractivity contribution is -0.131. The third kappa shape index (κ3) is 4.41. The van der Waals surface area contributed by atoms with Gasteiger partial charge in [-0.15, -0.1) is 0 Å². The number of carboxylic acids is 1. The molecule has 0 fully saturated rings. The zero-order valence-corrected chi connectivity index (χ0v) is 8.88. The van der Waals surface area contributed by atoms with Crippen molar-refractivity contribution in [2.24, 2.45) is 7.05 Å². The van der Waals surface area contributed by atoms with Crippen LogP contribution < -0.4 is 5.32 Å². The van der Waals surface area contributed by atoms with Crippen LogP contribution >= 0.6 is 0 Å². The van der Waals surface area contributed by atoms with Crippen molar-refractivity contribution >= 4 is 11.9 Å². The molecule has 1 heterocycles. The predicted molar refractivity (Wildman–Crippen MR) is 56.7 cm³/mol. The van der Waals surface area contributed by atoms with Crippen LogP contribution in [0.1, 0.15) is 5.69 Å². The third-order valence-electron chi connectivity index (χ3n) is 1.83. The fraction of sp³-hybridized carbons (Fsp3) is 0.300. The van der Waals surface area contributed by atoms with Gasteiger partial charge in [0, 0.05) is 38.4 Å². The van der Waals surface area contributed by atoms with Crippen molar-refractivity contribution in [2.75, 3.05) is 6.54 Å². The Hall–Kier alpha value is -2.11. The average Bonchev–Trinajstić information content (AvgIpc) is 2.61. The number of nitrogens with zero attached hydrogens (tertiary/aromatic N) is 2. The first-order valence-corrected chi connectivity index (χ1v) is 4.75. The highest BCUT2D eigenvalue weighted by atomic mass is 16.4. The summed E-state index contributed by atoms with van der Waals surface area (Å²) in [6, 6.07) is 1.86. The number of amides is 1. The van der Waals surface area contributed by atoms with Gasteiger partial charge in [-0.2, -0.15) is 5.10 Å². The standard InChI is InChI=1S/C10H13N3O3/c1-13-7-5-8(12-13)4-6-11-9(14)2-3-10(15)16/h2-3,5,7H,4,6H2,1H3,(H,11,14)(H,15,16)/b3-2+. The smallest absolute Gasteiger partial charge is 0.328 e. The summed E-state index contributed by atoms with van der Waals surface area (Å²) in [7, 11) is 1.82. The molecule has 2 N–H and O–H groups in total. The van der Waals surface area contributed by atoms with E-state index in [0.29, 0.717) is 13.0 Å². The van der Waals surface area contributed by atoms with E-state index in [-0.39, 0.29) is 0 Å². The maximum atomic E-state index is 11.1. The van der Waals surface area contributed by atoms with Crippen LogP contribution in [-0.4, -0.2) is 33.3 Å². The number of carbonyl (C=O) groups is 2. The lowest BCUT2D eigenvalue weighted by atomic mass is 10.3. The number of hydrogen-bond donors (Lipinski definition) is 2. The Morgan fingerprint density at radius 1 is 1.56 bits per heavy atom. The molecule has 0 aliphatic carbocycles. The summed E-state index contributed by atoms with van der Waals surface area (Å²) in [5.74, 6) is -1.56. The molecule has 0 spiro atoms. The zero-order chi connectivity index (χ0) is 12.0. The van der Waals surface area contributed by atoms with Crippen LogP contribution in [0.4, 0.5) is 0 Å². The summed E-state index contributed by atoms with van der Waals surface area (Å²) < 4.78 is 1.68. The van der Waals surface area contributed by atoms with Gasteiger partial charge in [0.25, 0.3) is 0 Å². The monoisotopic (exact) mass is 223 g/mol. The first kappa shape index (κ1) is 12.0. The van der Waals surface area contributed by atoms with Crippen molar-refractivity contribution in [3.63, 3.8) is 0 Å². The van der Waals surface area contributed by atoms with E-state index in [1.54, 1.807) is 4.68 Å². The van der Waals surface area contributed by atoms with Crippen molar-refractivity contribution in [2.45, 2.75) is 6.42 Å². The molecule has 86 valence electrons. The Labute approximate surface area is 92.6 Å². The number of hydrogen-bond acceptors (Lipinski definition) is 3. The van der Waals surface area contributed by atoms with E-state index >= 15 is 0 Å². The highest BCUT2D eigenvalue weighted by Gasteiger charge is 1.99. The minimum Gasteiger partial charge on any atom is -0.478 e. The molecule has 1 aromatic heterocycles. The van der Waals surface area contributed by atoms with Crippen LogP contribution in [0.2, 0.25) is 0 Å². The fourth-order valence-corrected chi connectivity index (χ4v) is 1.12. The highest BCUT2D eigenvalue weighted by Crippen LogP contribution is 1.93. The molecule has 0 unspecified atom stereocenters. The summed E-state index contributed by atoms with van der Waals surface area (Å²) in [6.45, 7) is 0.430. The summed E-state index contributed by atoms with van der Waals surface area (Å²) in [6.07, 6.45) is 4.23. The van der Waals surface area contributed by atoms with Gasteiger partial charge < -0.3 is 10.4 Å². The largest absolute Gasteiger partial charge is 0.478 e. The molecule has 6 heteroatoms. The van der Waals surface area contributed by atoms with Crippen LogP contribution in [0.25, 0.3) is 0 Å². The molecule has 0 aliphatic heterocycles. The zero-order valence-electron chi connectivity index (χ0n) is 8.88. The van der Waals surface area contributed by atoms with Gasteiger partial charge in [-0.25, -0.2) is 4.79 Å². The van der Waals surface area contributed by atoms with E-state index in [9.17, 15) is 9.59 Å². The van der Waals surface area contributed by atoms with Gasteiger partial charge in [0.15, 0.2) is 0 Å². The first-order valence-electron chi connectivity index (χ1n) is 4.75. The van der Waals surface area contributed by atoms with Gasteiger partial charge in [-0.1, -0.05) is 0 Å². The first-order chi connectivity index (χ1) is 7.58. The van der Waals surface area contributed by atoms with E-state index in [0.717, 1.165) is 17.8 Å². The molecule has 0 saturated carbocycles. The third-order valence-corrected chi connectivity index (χ3v) is 1.83. The SMILES string of the molecule is Cn1ccc(CCNC(=O)/C=C/C(=O)O)n1. The van der Waals surface area contributed by atoms with Crippen molar-refractivity contribution in [3.8, 4) is 0 Å². The Morgan fingerprint density at radius 2 is 2.31 bits per heavy atom. The highest BCUT2D eigenvalue weighted by molar-refractivity contribution is 5.93. The van der Waals surface area contributed by atoms with Crippen molar-refractivity contribution in [1.82, 2.24) is 15.1 Å². The molecule has 0 aliphatic rings. The van der Waals surface area contributed by atoms with Gasteiger partial charge in [0.05, 0.1) is 5.69 Å². The van der Waals surface area contributed by atoms with E-state index in [1.165, 1.54) is 0 Å². The van der Waals surface area contributed by atoms with Gasteiger partial charge in [-0.3, -0.25) is 9.48 Å². The van der Waals surface area contributed by atoms with Crippen LogP contribution in [0, 0.1) is 0 Å². The van der Waals surface area contributed by atoms with E-state index in [4.69, 9.17) is 5.11 Å². The molecule has 0 bridgehead atoms. The van der Waals surface area contributed by atoms with Crippen LogP contribution in [-0.2, 0) is 23.1 Å². The van der Waals surface area contributed by atoms with Gasteiger partial charge in [-0.05, 0) is 6.07 Å². The average molecular weight is 223 g/mol. The lowest BCUT2D eigenvalue weighted by Gasteiger charge is -1.99. The van der Waals surface area contributed by atoms with E-state index in [2.05, 4.69) is 10.4 Å². The Kier molecular flexibility index (Phi) is 4.26. The van der Waals surface area contributed by atoms with Crippen LogP contribution in [0.3, 0.4) is 0 Å². The second-order valence-corrected chi connectivity index (χ2v) is 3.19. The molecular weight excluding hydrogens is 210 g/mol. The Bertz CT molecular complexity index is 409. The molecule has 16 heavy (non-hydrogen) atoms. The number of aromatic nitrogens is 2. The fourth-order valence-electron chi connectivity index (χ4n) is 1.12. The molecule has 0 atom stereocenters. The number of rotatable bonds is 5. The second kappa shape index (κ2) is 5.69. The molecule has 6 nitrogen and oxygen atoms in total. The summed E-state index contributed by atoms with van der Waals surface area (Å²) in [4.78, 5) is 21.2. The molecular formula is C10H13N3O3. The van der Waals surface area contributed by atoms with Crippen LogP contribution in [0.15, 0.2) is 24.4 Å². The molecule has 0 radical (unpaired) electrons. The minimum atomic E-state index is -1.14. The molecule has 0 aromatic carbocycles. The van der Waals surface area contributed by atoms with Crippen molar-refractivity contribution < 1.29 is 14.7 Å². The molecule has 1 rings (SSSR count). The summed E-state index contributed by atoms with van der Waals surface area (Å²) in [5.41, 5.74) is 0.880. The quantitative estimate of drug-likeness (QED) is 0.672. The number of nitrogens with one attached hydrogen (secondary N) is 1. The van der Waals surface area contributed by atoms with Gasteiger partial charge in [0.2, 0.25) is 5.91 Å². The van der Waals surface area contributed by atoms with Gasteiger partial charge in [0.1, 0.15) is 0 Å². The number of carbonyl (C=O) groups excluding carboxylic acids is 1. The van der Waals surface area contributed by atoms with Crippen molar-refractivity contribution in [1.29, 1.82) is 0 Å². The molecule has 1 amide bonds. The lowest BCUT2D eigenvalue weighted by Crippen LogP contribution is -2.23. The normalized spacial score (nSPS) is 10.6. The number of carboxylic acid groups (broad SMARTS) is 1. The minimum absolute atomic E-state index is 0.418. The Morgan fingerprint density at radius 3 is 2.88 bits per heavy atom. The number of aryl methyl sites for hydroxylation is 1. The maximum Gasteiger partial charge on any atom is 0.328 e. The van der Waals surface area contributed by atoms with Crippen molar-refractivity contribution in [3.05, 3.63) is 30.1 Å². The topological polar surface area (TPSA) is 84.2 Å². The number of aliphatic carboxylic acids is 1. The van der Waals surface area contributed by atoms with E-state index < -0.39 is 11.9 Å². The van der Waals surface area contributed by atoms with Gasteiger partial charge >= 0.3 is 5.97 Å². The predicted octanol–water partition coefficient (Wildman–Crippen LogP) is -0.280. The molecule has 1 aromatic rings. The second-order valence-electron chi connectivity index (χ2n) is 3.19. The Balaban J connectivity index is 2.25. The summed E-state index contributed by atoms with van der Waals surface area (Å²) in [5, 5.41) is 15.0. The van der Waals surface area contributed by atoms with Crippen LogP contribution in [0.5, 0.6) is 0 Å².